The van der Waals surface area contributed by atoms with Gasteiger partial charge < -0.3 is 4.74 Å². The van der Waals surface area contributed by atoms with Crippen LogP contribution in [0.1, 0.15) is 11.7 Å². The average Bonchev–Trinajstić information content (AvgIpc) is 2.76. The molecule has 0 radical (unpaired) electrons. The summed E-state index contributed by atoms with van der Waals surface area (Å²) in [6.45, 7) is -0.394. The fourth-order valence-electron chi connectivity index (χ4n) is 2.86. The maximum absolute atomic E-state index is 13.3. The summed E-state index contributed by atoms with van der Waals surface area (Å²) in [5.74, 6) is 0. The molecule has 3 aromatic carbocycles. The van der Waals surface area contributed by atoms with E-state index in [1.807, 2.05) is 6.07 Å². The second kappa shape index (κ2) is 8.87. The Morgan fingerprint density at radius 1 is 0.690 bits per heavy atom. The monoisotopic (exact) mass is 431 g/mol. The van der Waals surface area contributed by atoms with Crippen molar-refractivity contribution in [1.82, 2.24) is 3.71 Å². The summed E-state index contributed by atoms with van der Waals surface area (Å²) in [4.78, 5) is -0.218. The molecule has 0 aliphatic carbocycles. The van der Waals surface area contributed by atoms with Gasteiger partial charge in [-0.05, 0) is 29.8 Å². The second-order valence-corrected chi connectivity index (χ2v) is 10.2. The van der Waals surface area contributed by atoms with Crippen LogP contribution in [-0.2, 0) is 24.8 Å². The molecule has 0 aromatic heterocycles. The first-order valence-electron chi connectivity index (χ1n) is 8.83. The molecule has 6 nitrogen and oxygen atoms in total. The number of rotatable bonds is 8. The van der Waals surface area contributed by atoms with E-state index in [1.54, 1.807) is 60.7 Å². The van der Waals surface area contributed by atoms with Crippen molar-refractivity contribution in [3.63, 3.8) is 0 Å². The van der Waals surface area contributed by atoms with Crippen LogP contribution < -0.4 is 0 Å². The Kier molecular flexibility index (Phi) is 6.49. The van der Waals surface area contributed by atoms with E-state index < -0.39 is 32.7 Å². The van der Waals surface area contributed by atoms with E-state index in [2.05, 4.69) is 0 Å². The maximum atomic E-state index is 13.3. The Balaban J connectivity index is 2.12. The van der Waals surface area contributed by atoms with E-state index in [0.717, 1.165) is 0 Å². The summed E-state index contributed by atoms with van der Waals surface area (Å²) in [6.07, 6.45) is -0.770. The molecule has 1 atom stereocenters. The van der Waals surface area contributed by atoms with Gasteiger partial charge in [0.25, 0.3) is 20.0 Å². The first-order valence-corrected chi connectivity index (χ1v) is 11.7. The fraction of sp³-hybridized carbons (Fsp3) is 0.143. The van der Waals surface area contributed by atoms with Gasteiger partial charge >= 0.3 is 0 Å². The van der Waals surface area contributed by atoms with E-state index in [1.165, 1.54) is 31.4 Å². The Labute approximate surface area is 171 Å². The molecule has 0 bridgehead atoms. The lowest BCUT2D eigenvalue weighted by molar-refractivity contribution is 0.0962. The minimum atomic E-state index is -4.35. The third kappa shape index (κ3) is 4.56. The molecule has 0 N–H and O–H groups in total. The van der Waals surface area contributed by atoms with E-state index in [-0.39, 0.29) is 9.79 Å². The molecule has 3 rings (SSSR count). The van der Waals surface area contributed by atoms with Crippen molar-refractivity contribution in [2.75, 3.05) is 13.7 Å². The normalized spacial score (nSPS) is 13.3. The van der Waals surface area contributed by atoms with Gasteiger partial charge in [-0.2, -0.15) is 0 Å². The SMILES string of the molecule is COC(CN(S(=O)(=O)c1ccccc1)S(=O)(=O)c1ccccc1)c1ccccc1. The molecule has 0 heterocycles. The molecule has 152 valence electrons. The van der Waals surface area contributed by atoms with Gasteiger partial charge in [-0.3, -0.25) is 0 Å². The predicted molar refractivity (Wildman–Crippen MR) is 110 cm³/mol. The van der Waals surface area contributed by atoms with Crippen molar-refractivity contribution in [3.05, 3.63) is 96.6 Å². The smallest absolute Gasteiger partial charge is 0.256 e. The third-order valence-corrected chi connectivity index (χ3v) is 8.67. The third-order valence-electron chi connectivity index (χ3n) is 4.39. The lowest BCUT2D eigenvalue weighted by Crippen LogP contribution is -2.40. The van der Waals surface area contributed by atoms with Crippen LogP contribution >= 0.6 is 0 Å². The Morgan fingerprint density at radius 3 is 1.45 bits per heavy atom. The second-order valence-electron chi connectivity index (χ2n) is 6.23. The minimum Gasteiger partial charge on any atom is -0.375 e. The standard InChI is InChI=1S/C21H21NO5S2/c1-27-21(18-11-5-2-6-12-18)17-22(28(23,24)19-13-7-3-8-14-19)29(25,26)20-15-9-4-10-16-20/h2-16,21H,17H2,1H3. The number of hydrogen-bond acceptors (Lipinski definition) is 5. The molecular formula is C21H21NO5S2. The average molecular weight is 432 g/mol. The quantitative estimate of drug-likeness (QED) is 0.546. The van der Waals surface area contributed by atoms with Gasteiger partial charge in [0.05, 0.1) is 22.4 Å². The predicted octanol–water partition coefficient (Wildman–Crippen LogP) is 3.45. The molecular weight excluding hydrogens is 410 g/mol. The summed E-state index contributed by atoms with van der Waals surface area (Å²) in [5, 5.41) is 0. The van der Waals surface area contributed by atoms with Crippen LogP contribution in [0.15, 0.2) is 101 Å². The highest BCUT2D eigenvalue weighted by Crippen LogP contribution is 2.28. The van der Waals surface area contributed by atoms with Crippen molar-refractivity contribution < 1.29 is 21.6 Å². The number of hydrogen-bond donors (Lipinski definition) is 0. The van der Waals surface area contributed by atoms with Crippen LogP contribution in [0.3, 0.4) is 0 Å². The van der Waals surface area contributed by atoms with Gasteiger partial charge in [-0.25, -0.2) is 16.8 Å². The molecule has 0 spiro atoms. The molecule has 0 aliphatic rings. The highest BCUT2D eigenvalue weighted by molar-refractivity contribution is 8.04. The number of benzene rings is 3. The zero-order valence-corrected chi connectivity index (χ0v) is 17.4. The van der Waals surface area contributed by atoms with Gasteiger partial charge in [-0.15, -0.1) is 0 Å². The largest absolute Gasteiger partial charge is 0.375 e. The van der Waals surface area contributed by atoms with Crippen molar-refractivity contribution in [2.45, 2.75) is 15.9 Å². The lowest BCUT2D eigenvalue weighted by atomic mass is 10.1. The van der Waals surface area contributed by atoms with Gasteiger partial charge in [0.15, 0.2) is 0 Å². The van der Waals surface area contributed by atoms with Gasteiger partial charge in [0, 0.05) is 7.11 Å². The zero-order valence-electron chi connectivity index (χ0n) is 15.7. The molecule has 0 aliphatic heterocycles. The van der Waals surface area contributed by atoms with E-state index in [9.17, 15) is 16.8 Å². The van der Waals surface area contributed by atoms with Crippen molar-refractivity contribution >= 4 is 20.0 Å². The highest BCUT2D eigenvalue weighted by atomic mass is 32.3. The van der Waals surface area contributed by atoms with Crippen molar-refractivity contribution in [1.29, 1.82) is 0 Å². The summed E-state index contributed by atoms with van der Waals surface area (Å²) < 4.78 is 59.3. The molecule has 0 saturated heterocycles. The van der Waals surface area contributed by atoms with Crippen LogP contribution in [0.25, 0.3) is 0 Å². The topological polar surface area (TPSA) is 80.8 Å². The highest BCUT2D eigenvalue weighted by Gasteiger charge is 2.38. The lowest BCUT2D eigenvalue weighted by Gasteiger charge is -2.26. The van der Waals surface area contributed by atoms with Gasteiger partial charge in [0.2, 0.25) is 0 Å². The molecule has 8 heteroatoms. The van der Waals surface area contributed by atoms with Crippen molar-refractivity contribution in [2.24, 2.45) is 0 Å². The summed E-state index contributed by atoms with van der Waals surface area (Å²) in [5.41, 5.74) is 0.673. The van der Waals surface area contributed by atoms with E-state index in [0.29, 0.717) is 9.27 Å². The van der Waals surface area contributed by atoms with E-state index >= 15 is 0 Å². The van der Waals surface area contributed by atoms with Crippen LogP contribution in [-0.4, -0.2) is 34.2 Å². The molecule has 1 unspecified atom stereocenters. The zero-order chi connectivity index (χ0) is 20.9. The first kappa shape index (κ1) is 21.2. The summed E-state index contributed by atoms with van der Waals surface area (Å²) >= 11 is 0. The number of nitrogens with zero attached hydrogens (tertiary/aromatic N) is 1. The fourth-order valence-corrected chi connectivity index (χ4v) is 6.55. The Bertz CT molecular complexity index is 1060. The van der Waals surface area contributed by atoms with Crippen LogP contribution in [0, 0.1) is 0 Å². The van der Waals surface area contributed by atoms with Crippen LogP contribution in [0.2, 0.25) is 0 Å². The molecule has 0 fully saturated rings. The summed E-state index contributed by atoms with van der Waals surface area (Å²) in [6, 6.07) is 23.9. The van der Waals surface area contributed by atoms with Crippen molar-refractivity contribution in [3.8, 4) is 0 Å². The number of sulfonamides is 2. The van der Waals surface area contributed by atoms with E-state index in [4.69, 9.17) is 4.74 Å². The van der Waals surface area contributed by atoms with Gasteiger partial charge in [-0.1, -0.05) is 70.4 Å². The molecule has 0 saturated carbocycles. The number of methoxy groups -OCH3 is 1. The first-order chi connectivity index (χ1) is 13.9. The van der Waals surface area contributed by atoms with Crippen LogP contribution in [0.5, 0.6) is 0 Å². The van der Waals surface area contributed by atoms with Crippen LogP contribution in [0.4, 0.5) is 0 Å². The molecule has 29 heavy (non-hydrogen) atoms. The summed E-state index contributed by atoms with van der Waals surface area (Å²) in [7, 11) is -7.29. The Hall–Kier alpha value is -2.52. The molecule has 0 amide bonds. The van der Waals surface area contributed by atoms with Gasteiger partial charge in [0.1, 0.15) is 0 Å². The maximum Gasteiger partial charge on any atom is 0.256 e. The minimum absolute atomic E-state index is 0.109. The Morgan fingerprint density at radius 2 is 1.07 bits per heavy atom. The molecule has 3 aromatic rings. The number of ether oxygens (including phenoxy) is 1.